The number of aliphatic hydroxyl groups excluding tert-OH is 3. The quantitative estimate of drug-likeness (QED) is 0.0116. The summed E-state index contributed by atoms with van der Waals surface area (Å²) in [6.45, 7) is 7.21. The van der Waals surface area contributed by atoms with Crippen molar-refractivity contribution in [3.63, 3.8) is 0 Å². The lowest BCUT2D eigenvalue weighted by Gasteiger charge is -2.32. The number of aliphatic imine (C=N–C) groups is 2. The number of thiol groups is 2. The Labute approximate surface area is 556 Å². The summed E-state index contributed by atoms with van der Waals surface area (Å²) in [5.41, 5.74) is 38.5. The number of hydrogen-bond acceptors (Lipinski definition) is 22. The van der Waals surface area contributed by atoms with Crippen LogP contribution in [0.2, 0.25) is 0 Å². The lowest BCUT2D eigenvalue weighted by atomic mass is 9.95. The van der Waals surface area contributed by atoms with Gasteiger partial charge in [-0.25, -0.2) is 0 Å². The number of nitrogens with two attached hydrogens (primary N) is 7. The summed E-state index contributed by atoms with van der Waals surface area (Å²) in [4.78, 5) is 183. The number of carbonyl (C=O) groups excluding carboxylic acids is 12. The maximum atomic E-state index is 14.5. The Balaban J connectivity index is 3.31. The minimum Gasteiger partial charge on any atom is -0.481 e. The first-order valence-electron chi connectivity index (χ1n) is 31.0. The predicted molar refractivity (Wildman–Crippen MR) is 350 cm³/mol. The largest absolute Gasteiger partial charge is 0.481 e. The standard InChI is InChI=1S/C56H101N19O17S2/c1-6-27(3)42(73-50(88)36(25-93)70-46(84)31(58)13-10-18-64-55(60)61)53(91)68-34(23-41(81)82)39(79)21-30(78)22-40(80)72-43(28(4)7-2)54(92)75-20-12-16-38(75)52(90)67-32(14-8-9-17-57)47(85)69-35(24-76)49(87)66-33(15-11-19-65-56(62)63)48(86)71-37(26-94)51(89)74-44(29(5)77)45(59)83/h27-38,42-44,76-78,93-94H,6-26,57-58H2,1-5H3,(H2,59,83)(H,66,87)(H,67,90)(H,68,91)(H,69,85)(H,70,84)(H,71,86)(H,72,80)(H,73,88)(H,74,89)(H,81,82)(H4,60,61,64)(H4,62,63,65)/t27-,28+,29-,30-,31+,32+,33+,34+,35+,36+,37+,38+,42-,43+,44+/m1/s1. The van der Waals surface area contributed by atoms with Crippen LogP contribution in [0, 0.1) is 11.8 Å². The molecular weight excluding hydrogens is 1270 g/mol. The third kappa shape index (κ3) is 30.2. The van der Waals surface area contributed by atoms with E-state index in [-0.39, 0.29) is 88.1 Å². The van der Waals surface area contributed by atoms with Crippen molar-refractivity contribution in [2.75, 3.05) is 44.3 Å². The maximum absolute atomic E-state index is 14.5. The van der Waals surface area contributed by atoms with E-state index in [1.165, 1.54) is 11.8 Å². The van der Waals surface area contributed by atoms with E-state index in [9.17, 15) is 82.8 Å². The number of primary amides is 1. The monoisotopic (exact) mass is 1380 g/mol. The Hall–Kier alpha value is -7.65. The predicted octanol–water partition coefficient (Wildman–Crippen LogP) is -8.10. The molecule has 1 rings (SSSR count). The van der Waals surface area contributed by atoms with Gasteiger partial charge in [0.2, 0.25) is 65.0 Å². The van der Waals surface area contributed by atoms with Crippen LogP contribution < -0.4 is 88.0 Å². The second-order valence-corrected chi connectivity index (χ2v) is 23.7. The number of Topliss-reactive ketones (excluding diaryl/α,β-unsaturated/α-hetero) is 1. The minimum absolute atomic E-state index is 0.0194. The normalized spacial score (nSPS) is 17.2. The molecule has 38 heteroatoms. The number of unbranched alkanes of at least 4 members (excludes halogenated alkanes) is 1. The number of likely N-dealkylation sites (tertiary alicyclic amines) is 1. The molecule has 1 aliphatic rings. The highest BCUT2D eigenvalue weighted by molar-refractivity contribution is 7.80. The van der Waals surface area contributed by atoms with E-state index in [1.807, 2.05) is 0 Å². The van der Waals surface area contributed by atoms with Gasteiger partial charge in [-0.1, -0.05) is 40.5 Å². The average Bonchev–Trinajstić information content (AvgIpc) is 1.61. The van der Waals surface area contributed by atoms with Gasteiger partial charge >= 0.3 is 5.97 Å². The molecule has 0 radical (unpaired) electrons. The van der Waals surface area contributed by atoms with Crippen LogP contribution in [-0.2, 0) is 62.3 Å². The summed E-state index contributed by atoms with van der Waals surface area (Å²) in [7, 11) is 0. The van der Waals surface area contributed by atoms with E-state index in [2.05, 4.69) is 83.1 Å². The highest BCUT2D eigenvalue weighted by atomic mass is 32.1. The molecule has 0 bridgehead atoms. The lowest BCUT2D eigenvalue weighted by Crippen LogP contribution is -2.61. The zero-order chi connectivity index (χ0) is 71.5. The fourth-order valence-corrected chi connectivity index (χ4v) is 10.0. The first-order valence-corrected chi connectivity index (χ1v) is 32.3. The minimum atomic E-state index is -1.79. The molecule has 1 fully saturated rings. The van der Waals surface area contributed by atoms with E-state index >= 15 is 0 Å². The molecule has 0 spiro atoms. The summed E-state index contributed by atoms with van der Waals surface area (Å²) in [6.07, 6.45) is -3.85. The second kappa shape index (κ2) is 44.1. The lowest BCUT2D eigenvalue weighted by molar-refractivity contribution is -0.143. The summed E-state index contributed by atoms with van der Waals surface area (Å²) < 4.78 is 0. The smallest absolute Gasteiger partial charge is 0.305 e. The van der Waals surface area contributed by atoms with Crippen molar-refractivity contribution in [3.05, 3.63) is 0 Å². The summed E-state index contributed by atoms with van der Waals surface area (Å²) in [6, 6.07) is -15.6. The van der Waals surface area contributed by atoms with Gasteiger partial charge in [0.05, 0.1) is 43.7 Å². The number of carboxylic acid groups (broad SMARTS) is 1. The van der Waals surface area contributed by atoms with Gasteiger partial charge < -0.3 is 113 Å². The molecule has 0 saturated carbocycles. The van der Waals surface area contributed by atoms with Crippen LogP contribution in [0.25, 0.3) is 0 Å². The maximum Gasteiger partial charge on any atom is 0.305 e. The van der Waals surface area contributed by atoms with Gasteiger partial charge in [-0.15, -0.1) is 0 Å². The van der Waals surface area contributed by atoms with E-state index in [4.69, 9.17) is 40.1 Å². The Bertz CT molecular complexity index is 2620. The molecule has 0 aromatic heterocycles. The van der Waals surface area contributed by atoms with E-state index in [1.54, 1.807) is 27.7 Å². The number of aliphatic carboxylic acids is 1. The SMILES string of the molecule is CC[C@@H](C)[C@@H](NC(=O)[C@H](CS)NC(=O)[C@@H](N)CCCN=C(N)N)C(=O)N[C@@H](CC(=O)O)C(=O)C[C@@H](O)CC(=O)N[C@H](C(=O)N1CCC[C@H]1C(=O)N[C@@H](CCCCN)C(=O)N[C@@H](CO)C(=O)N[C@@H](CCCN=C(N)N)C(=O)N[C@@H](CS)C(=O)N[C@H](C(N)=O)[C@@H](C)O)[C@@H](C)CC. The number of aliphatic hydroxyl groups is 3. The second-order valence-electron chi connectivity index (χ2n) is 23.0. The number of ketones is 1. The van der Waals surface area contributed by atoms with Crippen molar-refractivity contribution in [2.24, 2.45) is 62.0 Å². The molecule has 0 aromatic rings. The topological polar surface area (TPSA) is 621 Å². The van der Waals surface area contributed by atoms with Gasteiger partial charge in [-0.2, -0.15) is 25.3 Å². The molecule has 0 aromatic carbocycles. The Morgan fingerprint density at radius 2 is 1.02 bits per heavy atom. The van der Waals surface area contributed by atoms with Crippen LogP contribution in [-0.4, -0.2) is 237 Å². The van der Waals surface area contributed by atoms with Crippen LogP contribution in [0.5, 0.6) is 0 Å². The molecule has 27 N–H and O–H groups in total. The molecule has 94 heavy (non-hydrogen) atoms. The van der Waals surface area contributed by atoms with Crippen molar-refractivity contribution in [2.45, 2.75) is 203 Å². The first-order chi connectivity index (χ1) is 44.2. The molecule has 11 amide bonds. The van der Waals surface area contributed by atoms with E-state index in [0.29, 0.717) is 32.1 Å². The molecule has 1 heterocycles. The average molecular weight is 1380 g/mol. The molecule has 0 aliphatic carbocycles. The number of nitrogens with one attached hydrogen (secondary N) is 9. The molecule has 15 atom stereocenters. The van der Waals surface area contributed by atoms with Crippen LogP contribution in [0.4, 0.5) is 0 Å². The number of carbonyl (C=O) groups is 13. The highest BCUT2D eigenvalue weighted by Crippen LogP contribution is 2.23. The Morgan fingerprint density at radius 3 is 1.52 bits per heavy atom. The number of amides is 11. The third-order valence-corrected chi connectivity index (χ3v) is 16.1. The number of hydrogen-bond donors (Lipinski definition) is 22. The molecule has 0 unspecified atom stereocenters. The molecule has 36 nitrogen and oxygen atoms in total. The van der Waals surface area contributed by atoms with Gasteiger partial charge in [0.25, 0.3) is 0 Å². The van der Waals surface area contributed by atoms with Crippen molar-refractivity contribution in [1.29, 1.82) is 0 Å². The van der Waals surface area contributed by atoms with Gasteiger partial charge in [0.15, 0.2) is 17.7 Å². The number of nitrogens with zero attached hydrogens (tertiary/aromatic N) is 3. The first kappa shape index (κ1) is 84.4. The fraction of sp³-hybridized carbons (Fsp3) is 0.732. The third-order valence-electron chi connectivity index (χ3n) is 15.4. The number of carboxylic acids is 1. The van der Waals surface area contributed by atoms with Crippen LogP contribution in [0.15, 0.2) is 9.98 Å². The van der Waals surface area contributed by atoms with Crippen LogP contribution in [0.1, 0.15) is 125 Å². The van der Waals surface area contributed by atoms with Gasteiger partial charge in [-0.05, 0) is 83.1 Å². The van der Waals surface area contributed by atoms with Crippen molar-refractivity contribution in [3.8, 4) is 0 Å². The van der Waals surface area contributed by atoms with Gasteiger partial charge in [0.1, 0.15) is 54.4 Å². The van der Waals surface area contributed by atoms with Gasteiger partial charge in [-0.3, -0.25) is 72.3 Å². The van der Waals surface area contributed by atoms with E-state index < -0.39 is 193 Å². The van der Waals surface area contributed by atoms with Gasteiger partial charge in [0, 0.05) is 37.6 Å². The zero-order valence-corrected chi connectivity index (χ0v) is 55.7. The summed E-state index contributed by atoms with van der Waals surface area (Å²) in [5.74, 6) is -14.8. The highest BCUT2D eigenvalue weighted by Gasteiger charge is 2.42. The van der Waals surface area contributed by atoms with E-state index in [0.717, 1.165) is 0 Å². The van der Waals surface area contributed by atoms with Crippen molar-refractivity contribution >= 4 is 114 Å². The Kier molecular flexibility index (Phi) is 39.6. The summed E-state index contributed by atoms with van der Waals surface area (Å²) >= 11 is 8.28. The van der Waals surface area contributed by atoms with Crippen LogP contribution >= 0.6 is 25.3 Å². The number of rotatable bonds is 46. The van der Waals surface area contributed by atoms with Crippen molar-refractivity contribution in [1.82, 2.24) is 52.8 Å². The summed E-state index contributed by atoms with van der Waals surface area (Å²) in [5, 5.41) is 63.2. The number of guanidine groups is 2. The van der Waals surface area contributed by atoms with Crippen LogP contribution in [0.3, 0.4) is 0 Å². The Morgan fingerprint density at radius 1 is 0.553 bits per heavy atom. The molecule has 1 saturated heterocycles. The zero-order valence-electron chi connectivity index (χ0n) is 53.9. The molecule has 1 aliphatic heterocycles. The fourth-order valence-electron chi connectivity index (χ4n) is 9.51. The molecule has 534 valence electrons. The van der Waals surface area contributed by atoms with Crippen molar-refractivity contribution < 1.29 is 82.8 Å². The molecular formula is C56H101N19O17S2.